The van der Waals surface area contributed by atoms with E-state index in [1.54, 1.807) is 18.7 Å². The molecule has 0 saturated carbocycles. The number of oxazole rings is 1. The van der Waals surface area contributed by atoms with Gasteiger partial charge in [0.15, 0.2) is 5.69 Å². The molecule has 0 bridgehead atoms. The van der Waals surface area contributed by atoms with Crippen molar-refractivity contribution in [1.29, 1.82) is 0 Å². The summed E-state index contributed by atoms with van der Waals surface area (Å²) in [5.41, 5.74) is -0.972. The number of rotatable bonds is 2. The van der Waals surface area contributed by atoms with E-state index in [1.165, 1.54) is 0 Å². The van der Waals surface area contributed by atoms with Crippen LogP contribution in [-0.2, 0) is 4.79 Å². The van der Waals surface area contributed by atoms with Crippen LogP contribution in [0.4, 0.5) is 6.01 Å². The highest BCUT2D eigenvalue weighted by Crippen LogP contribution is 2.25. The van der Waals surface area contributed by atoms with Crippen LogP contribution in [0.15, 0.2) is 10.7 Å². The van der Waals surface area contributed by atoms with Crippen LogP contribution in [-0.4, -0.2) is 40.6 Å². The molecular formula is C10H13N3O4. The summed E-state index contributed by atoms with van der Waals surface area (Å²) in [6, 6.07) is 0.155. The predicted molar refractivity (Wildman–Crippen MR) is 57.9 cm³/mol. The van der Waals surface area contributed by atoms with Crippen molar-refractivity contribution in [3.05, 3.63) is 12.0 Å². The zero-order valence-corrected chi connectivity index (χ0v) is 9.56. The topological polar surface area (TPSA) is 95.7 Å². The minimum Gasteiger partial charge on any atom is -0.476 e. The van der Waals surface area contributed by atoms with Gasteiger partial charge in [-0.05, 0) is 13.8 Å². The third-order valence-corrected chi connectivity index (χ3v) is 2.79. The molecule has 0 spiro atoms. The first-order valence-corrected chi connectivity index (χ1v) is 5.17. The van der Waals surface area contributed by atoms with Crippen LogP contribution in [0.2, 0.25) is 0 Å². The van der Waals surface area contributed by atoms with E-state index in [9.17, 15) is 9.59 Å². The van der Waals surface area contributed by atoms with Crippen LogP contribution in [0, 0.1) is 0 Å². The van der Waals surface area contributed by atoms with Crippen molar-refractivity contribution in [3.63, 3.8) is 0 Å². The lowest BCUT2D eigenvalue weighted by Crippen LogP contribution is -2.62. The highest BCUT2D eigenvalue weighted by Gasteiger charge is 2.40. The second kappa shape index (κ2) is 3.76. The molecule has 0 atom stereocenters. The smallest absolute Gasteiger partial charge is 0.357 e. The maximum Gasteiger partial charge on any atom is 0.357 e. The second-order valence-electron chi connectivity index (χ2n) is 4.29. The Kier molecular flexibility index (Phi) is 2.53. The van der Waals surface area contributed by atoms with Gasteiger partial charge in [-0.15, -0.1) is 0 Å². The lowest BCUT2D eigenvalue weighted by atomic mass is 10.00. The first-order chi connectivity index (χ1) is 7.93. The first-order valence-electron chi connectivity index (χ1n) is 5.17. The molecule has 2 rings (SSSR count). The molecule has 92 valence electrons. The molecule has 1 aromatic heterocycles. The third kappa shape index (κ3) is 1.83. The summed E-state index contributed by atoms with van der Waals surface area (Å²) in [4.78, 5) is 27.9. The minimum atomic E-state index is -1.15. The summed E-state index contributed by atoms with van der Waals surface area (Å²) in [5.74, 6) is -1.29. The average Bonchev–Trinajstić information content (AvgIpc) is 2.71. The van der Waals surface area contributed by atoms with Gasteiger partial charge >= 0.3 is 5.97 Å². The Morgan fingerprint density at radius 2 is 2.35 bits per heavy atom. The predicted octanol–water partition coefficient (Wildman–Crippen LogP) is 0.0876. The highest BCUT2D eigenvalue weighted by molar-refractivity contribution is 5.90. The number of carbonyl (C=O) groups is 2. The fraction of sp³-hybridized carbons (Fsp3) is 0.500. The largest absolute Gasteiger partial charge is 0.476 e. The van der Waals surface area contributed by atoms with Crippen LogP contribution < -0.4 is 10.2 Å². The van der Waals surface area contributed by atoms with Crippen molar-refractivity contribution in [2.24, 2.45) is 0 Å². The van der Waals surface area contributed by atoms with E-state index in [0.29, 0.717) is 13.1 Å². The van der Waals surface area contributed by atoms with Crippen LogP contribution in [0.5, 0.6) is 0 Å². The summed E-state index contributed by atoms with van der Waals surface area (Å²) in [5, 5.41) is 11.5. The number of nitrogens with one attached hydrogen (secondary N) is 1. The molecule has 17 heavy (non-hydrogen) atoms. The maximum absolute atomic E-state index is 11.7. The fourth-order valence-corrected chi connectivity index (χ4v) is 1.72. The van der Waals surface area contributed by atoms with E-state index >= 15 is 0 Å². The van der Waals surface area contributed by atoms with Crippen molar-refractivity contribution < 1.29 is 19.1 Å². The van der Waals surface area contributed by atoms with Gasteiger partial charge in [-0.3, -0.25) is 4.79 Å². The zero-order valence-electron chi connectivity index (χ0n) is 9.56. The number of aromatic nitrogens is 1. The van der Waals surface area contributed by atoms with Gasteiger partial charge in [0.2, 0.25) is 5.91 Å². The Morgan fingerprint density at radius 1 is 1.65 bits per heavy atom. The highest BCUT2D eigenvalue weighted by atomic mass is 16.4. The molecule has 0 aliphatic carbocycles. The molecule has 0 aromatic carbocycles. The van der Waals surface area contributed by atoms with Gasteiger partial charge in [-0.2, -0.15) is 4.98 Å². The number of carbonyl (C=O) groups excluding carboxylic acids is 1. The number of carboxylic acids is 1. The van der Waals surface area contributed by atoms with E-state index in [1.807, 2.05) is 0 Å². The van der Waals surface area contributed by atoms with Crippen LogP contribution in [0.3, 0.4) is 0 Å². The van der Waals surface area contributed by atoms with E-state index in [-0.39, 0.29) is 17.6 Å². The molecule has 1 aromatic rings. The lowest BCUT2D eigenvalue weighted by Gasteiger charge is -2.39. The molecule has 7 nitrogen and oxygen atoms in total. The van der Waals surface area contributed by atoms with Gasteiger partial charge in [-0.1, -0.05) is 0 Å². The monoisotopic (exact) mass is 239 g/mol. The number of hydrogen-bond donors (Lipinski definition) is 2. The zero-order chi connectivity index (χ0) is 12.6. The third-order valence-electron chi connectivity index (χ3n) is 2.79. The summed E-state index contributed by atoms with van der Waals surface area (Å²) < 4.78 is 5.10. The molecule has 1 aliphatic heterocycles. The standard InChI is InChI=1S/C10H13N3O4/c1-10(2)8(16)11-3-4-13(10)9-12-6(5-17-9)7(14)15/h5H,3-4H2,1-2H3,(H,11,16)(H,14,15). The number of piperazine rings is 1. The summed E-state index contributed by atoms with van der Waals surface area (Å²) in [7, 11) is 0. The number of aromatic carboxylic acids is 1. The molecule has 0 radical (unpaired) electrons. The number of nitrogens with zero attached hydrogens (tertiary/aromatic N) is 2. The molecule has 1 amide bonds. The Balaban J connectivity index is 2.31. The van der Waals surface area contributed by atoms with Gasteiger partial charge in [0.05, 0.1) is 0 Å². The summed E-state index contributed by atoms with van der Waals surface area (Å²) in [6.07, 6.45) is 1.07. The average molecular weight is 239 g/mol. The van der Waals surface area contributed by atoms with E-state index < -0.39 is 11.5 Å². The minimum absolute atomic E-state index is 0.140. The fourth-order valence-electron chi connectivity index (χ4n) is 1.72. The molecule has 2 heterocycles. The first kappa shape index (κ1) is 11.4. The Bertz CT molecular complexity index is 466. The van der Waals surface area contributed by atoms with Crippen molar-refractivity contribution >= 4 is 17.9 Å². The Labute approximate surface area is 97.4 Å². The molecule has 1 saturated heterocycles. The van der Waals surface area contributed by atoms with Gasteiger partial charge in [-0.25, -0.2) is 4.79 Å². The van der Waals surface area contributed by atoms with E-state index in [0.717, 1.165) is 6.26 Å². The van der Waals surface area contributed by atoms with Crippen molar-refractivity contribution in [2.45, 2.75) is 19.4 Å². The second-order valence-corrected chi connectivity index (χ2v) is 4.29. The van der Waals surface area contributed by atoms with E-state index in [4.69, 9.17) is 9.52 Å². The summed E-state index contributed by atoms with van der Waals surface area (Å²) >= 11 is 0. The molecular weight excluding hydrogens is 226 g/mol. The molecule has 1 aliphatic rings. The van der Waals surface area contributed by atoms with Gasteiger partial charge in [0, 0.05) is 13.1 Å². The van der Waals surface area contributed by atoms with Crippen LogP contribution in [0.25, 0.3) is 0 Å². The number of anilines is 1. The summed E-state index contributed by atoms with van der Waals surface area (Å²) in [6.45, 7) is 4.46. The maximum atomic E-state index is 11.7. The number of hydrogen-bond acceptors (Lipinski definition) is 5. The lowest BCUT2D eigenvalue weighted by molar-refractivity contribution is -0.126. The Morgan fingerprint density at radius 3 is 2.94 bits per heavy atom. The van der Waals surface area contributed by atoms with Gasteiger partial charge in [0.1, 0.15) is 11.8 Å². The molecule has 7 heteroatoms. The van der Waals surface area contributed by atoms with Crippen molar-refractivity contribution in [2.75, 3.05) is 18.0 Å². The normalized spacial score (nSPS) is 18.9. The van der Waals surface area contributed by atoms with Crippen molar-refractivity contribution in [1.82, 2.24) is 10.3 Å². The van der Waals surface area contributed by atoms with Gasteiger partial charge in [0.25, 0.3) is 6.01 Å². The molecule has 2 N–H and O–H groups in total. The van der Waals surface area contributed by atoms with E-state index in [2.05, 4.69) is 10.3 Å². The van der Waals surface area contributed by atoms with Crippen molar-refractivity contribution in [3.8, 4) is 0 Å². The van der Waals surface area contributed by atoms with Crippen LogP contribution in [0.1, 0.15) is 24.3 Å². The quantitative estimate of drug-likeness (QED) is 0.759. The Hall–Kier alpha value is -2.05. The van der Waals surface area contributed by atoms with Gasteiger partial charge < -0.3 is 19.7 Å². The molecule has 1 fully saturated rings. The SMILES string of the molecule is CC1(C)C(=O)NCCN1c1nc(C(=O)O)co1. The number of carboxylic acid groups (broad SMARTS) is 1. The number of amides is 1. The molecule has 0 unspecified atom stereocenters. The van der Waals surface area contributed by atoms with Crippen LogP contribution >= 0.6 is 0 Å².